The van der Waals surface area contributed by atoms with E-state index in [4.69, 9.17) is 12.8 Å². The minimum atomic E-state index is -1.30. The molecule has 0 fully saturated rings. The Morgan fingerprint density at radius 1 is 0.443 bits per heavy atom. The summed E-state index contributed by atoms with van der Waals surface area (Å²) in [4.78, 5) is 0. The molecule has 390 valence electrons. The normalized spacial score (nSPS) is 14.3. The molecule has 7 heteroatoms. The molecule has 2 aliphatic carbocycles. The molecule has 14 rings (SSSR count). The third-order valence-corrected chi connectivity index (χ3v) is 21.5. The molecule has 3 aromatic heterocycles. The van der Waals surface area contributed by atoms with Crippen LogP contribution in [0.3, 0.4) is 0 Å². The molecule has 3 nitrogen and oxygen atoms in total. The molecule has 9 aromatic carbocycles. The Kier molecular flexibility index (Phi) is 17.3. The number of rotatable bonds is 7. The number of allylic oxidation sites excluding steroid dienone is 8. The molecular formula is C72H57Au2N3P2+2. The van der Waals surface area contributed by atoms with Crippen molar-refractivity contribution in [2.45, 2.75) is 24.9 Å². The third-order valence-electron chi connectivity index (χ3n) is 15.3. The predicted molar refractivity (Wildman–Crippen MR) is 335 cm³/mol. The number of hydrogen-bond donors (Lipinski definition) is 0. The number of para-hydroxylation sites is 4. The van der Waals surface area contributed by atoms with E-state index < -0.39 is 15.8 Å². The summed E-state index contributed by atoms with van der Waals surface area (Å²) in [6, 6.07) is 76.5. The standard InChI is InChI=1S/C42H35NP2.2C15H10N.2Au/c1-6-18-32(19-7-1)43-39-29-17-16-28-37(39)38-30-41(44(33-20-8-2-9-21-33)34-22-10-3-11-23-34)42(31-40(38)43)45(35-24-12-4-13-25-35)36-26-14-5-15-27-36;1-3-11-8-9-15-13(10-11)12-6-4-5-7-14(12)16(15)2;1-3-11-8-9-13-12-6-4-5-7-14(12)16(2)15(13)10-11;;/h1-4,6-14,16-22,24-31,34H,5,15,23H2;2*4-10H,2H3;;/q;2*-1;2*+1/p+2. The Labute approximate surface area is 497 Å². The van der Waals surface area contributed by atoms with E-state index in [1.54, 1.807) is 5.30 Å². The number of nitrogens with zero attached hydrogens (tertiary/aromatic N) is 3. The van der Waals surface area contributed by atoms with Crippen LogP contribution in [0.5, 0.6) is 0 Å². The molecule has 0 saturated heterocycles. The van der Waals surface area contributed by atoms with Crippen LogP contribution in [0.2, 0.25) is 0 Å². The molecule has 0 radical (unpaired) electrons. The summed E-state index contributed by atoms with van der Waals surface area (Å²) < 4.78 is 6.83. The predicted octanol–water partition coefficient (Wildman–Crippen LogP) is 15.8. The maximum atomic E-state index is 7.18. The van der Waals surface area contributed by atoms with E-state index in [0.717, 1.165) is 35.9 Å². The average molecular weight is 1420 g/mol. The summed E-state index contributed by atoms with van der Waals surface area (Å²) in [5.74, 6) is 4.86. The summed E-state index contributed by atoms with van der Waals surface area (Å²) in [6.45, 7) is 0. The number of aryl methyl sites for hydroxylation is 2. The first-order valence-corrected chi connectivity index (χ1v) is 29.5. The Balaban J connectivity index is 0.000000168. The van der Waals surface area contributed by atoms with Gasteiger partial charge >= 0.3 is 44.8 Å². The van der Waals surface area contributed by atoms with Crippen LogP contribution in [0.25, 0.3) is 71.1 Å². The van der Waals surface area contributed by atoms with Crippen molar-refractivity contribution in [3.8, 4) is 17.5 Å². The Morgan fingerprint density at radius 3 is 1.61 bits per heavy atom. The molecule has 2 aliphatic rings. The minimum absolute atomic E-state index is 0. The van der Waals surface area contributed by atoms with E-state index >= 15 is 0 Å². The molecule has 0 spiro atoms. The zero-order valence-corrected chi connectivity index (χ0v) is 50.2. The van der Waals surface area contributed by atoms with E-state index in [2.05, 4.69) is 246 Å². The smallest absolute Gasteiger partial charge is 0.366 e. The summed E-state index contributed by atoms with van der Waals surface area (Å²) in [5.41, 5.74) is 10.7. The molecule has 79 heavy (non-hydrogen) atoms. The fraction of sp³-hybridized carbons (Fsp3) is 0.0833. The van der Waals surface area contributed by atoms with Crippen LogP contribution in [-0.4, -0.2) is 19.4 Å². The fourth-order valence-corrected chi connectivity index (χ4v) is 18.2. The van der Waals surface area contributed by atoms with Gasteiger partial charge in [-0.2, -0.15) is 0 Å². The average Bonchev–Trinajstić information content (AvgIpc) is 4.34. The van der Waals surface area contributed by atoms with Gasteiger partial charge in [-0.15, -0.1) is 35.4 Å². The van der Waals surface area contributed by atoms with E-state index in [9.17, 15) is 0 Å². The van der Waals surface area contributed by atoms with Crippen molar-refractivity contribution in [1.29, 1.82) is 0 Å². The van der Waals surface area contributed by atoms with Gasteiger partial charge in [0.25, 0.3) is 0 Å². The van der Waals surface area contributed by atoms with Gasteiger partial charge in [0.15, 0.2) is 0 Å². The van der Waals surface area contributed by atoms with Gasteiger partial charge in [0.1, 0.15) is 23.8 Å². The van der Waals surface area contributed by atoms with Crippen molar-refractivity contribution in [2.24, 2.45) is 14.1 Å². The second-order valence-electron chi connectivity index (χ2n) is 19.8. The first kappa shape index (κ1) is 55.1. The molecule has 0 saturated carbocycles. The summed E-state index contributed by atoms with van der Waals surface area (Å²) in [7, 11) is 1.62. The maximum absolute atomic E-state index is 7.18. The second-order valence-corrected chi connectivity index (χ2v) is 24.9. The largest absolute Gasteiger partial charge is 1.00 e. The monoisotopic (exact) mass is 1420 g/mol. The van der Waals surface area contributed by atoms with E-state index in [1.165, 1.54) is 86.8 Å². The second kappa shape index (κ2) is 24.9. The van der Waals surface area contributed by atoms with Crippen LogP contribution >= 0.6 is 15.8 Å². The van der Waals surface area contributed by atoms with Gasteiger partial charge in [-0.05, 0) is 97.1 Å². The first-order chi connectivity index (χ1) is 38.0. The minimum Gasteiger partial charge on any atom is -0.366 e. The number of benzene rings is 9. The van der Waals surface area contributed by atoms with Gasteiger partial charge in [-0.1, -0.05) is 146 Å². The molecule has 12 aromatic rings. The molecular weight excluding hydrogens is 1360 g/mol. The third kappa shape index (κ3) is 10.8. The van der Waals surface area contributed by atoms with Gasteiger partial charge in [-0.3, -0.25) is 11.8 Å². The topological polar surface area (TPSA) is 14.8 Å². The van der Waals surface area contributed by atoms with Gasteiger partial charge in [0, 0.05) is 81.3 Å². The van der Waals surface area contributed by atoms with Crippen molar-refractivity contribution in [3.63, 3.8) is 0 Å². The Morgan fingerprint density at radius 2 is 0.975 bits per heavy atom. The van der Waals surface area contributed by atoms with E-state index in [0.29, 0.717) is 5.66 Å². The van der Waals surface area contributed by atoms with Gasteiger partial charge in [-0.25, -0.2) is 0 Å². The zero-order chi connectivity index (χ0) is 52.2. The van der Waals surface area contributed by atoms with Gasteiger partial charge in [0.05, 0.1) is 35.2 Å². The van der Waals surface area contributed by atoms with Gasteiger partial charge in [0.2, 0.25) is 0 Å². The molecule has 3 atom stereocenters. The Hall–Kier alpha value is -7.20. The zero-order valence-electron chi connectivity index (χ0n) is 43.9. The van der Waals surface area contributed by atoms with Crippen LogP contribution in [0.4, 0.5) is 0 Å². The molecule has 3 heterocycles. The number of hydrogen-bond acceptors (Lipinski definition) is 0. The maximum Gasteiger partial charge on any atom is 1.00 e. The fourth-order valence-electron chi connectivity index (χ4n) is 11.6. The van der Waals surface area contributed by atoms with Crippen LogP contribution in [0.15, 0.2) is 260 Å². The summed E-state index contributed by atoms with van der Waals surface area (Å²) in [5, 5.41) is 15.1. The number of fused-ring (bicyclic) bond motifs is 9. The van der Waals surface area contributed by atoms with E-state index in [1.807, 2.05) is 48.5 Å². The molecule has 0 N–H and O–H groups in total. The molecule has 0 aliphatic heterocycles. The van der Waals surface area contributed by atoms with Crippen LogP contribution < -0.4 is 21.2 Å². The molecule has 0 bridgehead atoms. The van der Waals surface area contributed by atoms with E-state index in [-0.39, 0.29) is 44.8 Å². The van der Waals surface area contributed by atoms with Crippen molar-refractivity contribution in [1.82, 2.24) is 13.7 Å². The summed E-state index contributed by atoms with van der Waals surface area (Å²) in [6.07, 6.45) is 34.4. The van der Waals surface area contributed by atoms with Crippen molar-refractivity contribution in [3.05, 3.63) is 284 Å². The molecule has 0 amide bonds. The SMILES string of the molecule is C1=CCC([PH+](c2ccccc2)c2cc3c4ccccc4n(-c4ccccc4)c3cc2[PH+](C2=CCCC=C2)c2ccccc2)C=C1.[Au+].[Au+].[C-]#Cc1ccc2c(c1)c1ccccc1n2C.[C-]#Cc1ccc2c3ccccc3n(C)c2c1. The van der Waals surface area contributed by atoms with Crippen LogP contribution in [-0.2, 0) is 58.9 Å². The van der Waals surface area contributed by atoms with Crippen molar-refractivity contribution >= 4 is 102 Å². The van der Waals surface area contributed by atoms with Crippen LogP contribution in [0, 0.1) is 24.7 Å². The number of aromatic nitrogens is 3. The van der Waals surface area contributed by atoms with Crippen LogP contribution in [0.1, 0.15) is 30.4 Å². The molecule has 3 unspecified atom stereocenters. The first-order valence-electron chi connectivity index (χ1n) is 26.5. The van der Waals surface area contributed by atoms with Crippen molar-refractivity contribution in [2.75, 3.05) is 0 Å². The summed E-state index contributed by atoms with van der Waals surface area (Å²) >= 11 is 0. The van der Waals surface area contributed by atoms with Crippen molar-refractivity contribution < 1.29 is 44.8 Å². The van der Waals surface area contributed by atoms with Gasteiger partial charge < -0.3 is 26.5 Å². The quantitative estimate of drug-likeness (QED) is 0.0654. The Bertz CT molecular complexity index is 4370.